The van der Waals surface area contributed by atoms with Gasteiger partial charge in [0.25, 0.3) is 11.8 Å². The lowest BCUT2D eigenvalue weighted by atomic mass is 9.96. The van der Waals surface area contributed by atoms with Gasteiger partial charge in [0.1, 0.15) is 6.10 Å². The van der Waals surface area contributed by atoms with Gasteiger partial charge in [0.2, 0.25) is 0 Å². The molecule has 10 rings (SSSR count). The van der Waals surface area contributed by atoms with Gasteiger partial charge in [-0.05, 0) is 28.8 Å². The van der Waals surface area contributed by atoms with Crippen LogP contribution >= 0.6 is 0 Å². The molecule has 8 aromatic rings. The van der Waals surface area contributed by atoms with E-state index in [-0.39, 0.29) is 81.2 Å². The zero-order valence-electron chi connectivity index (χ0n) is 31.7. The Morgan fingerprint density at radius 3 is 1.85 bits per heavy atom. The van der Waals surface area contributed by atoms with Gasteiger partial charge in [-0.15, -0.1) is 0 Å². The molecule has 0 radical (unpaired) electrons. The van der Waals surface area contributed by atoms with Crippen LogP contribution in [0.25, 0.3) is 43.6 Å². The largest absolute Gasteiger partial charge is 0.374 e. The van der Waals surface area contributed by atoms with Crippen molar-refractivity contribution in [2.45, 2.75) is 50.8 Å². The second-order valence-corrected chi connectivity index (χ2v) is 15.1. The molecule has 6 aromatic carbocycles. The highest BCUT2D eigenvalue weighted by molar-refractivity contribution is 6.39. The van der Waals surface area contributed by atoms with Crippen molar-refractivity contribution in [3.8, 4) is 0 Å². The molecule has 0 bridgehead atoms. The molecule has 0 spiro atoms. The SMILES string of the molecule is O=C1NC(=O)c2c1c1c3cc(F)c(F)cc3[nH]c1c1c2c2cc(F)c(F)cc2n1C1OC(COCc2ccccc2)CC(OCc2ccccc2)C1OCc1ccccc1. The molecule has 4 atom stereocenters. The molecule has 2 aromatic heterocycles. The maximum atomic E-state index is 15.6. The van der Waals surface area contributed by atoms with E-state index >= 15 is 8.78 Å². The summed E-state index contributed by atoms with van der Waals surface area (Å²) in [7, 11) is 0. The van der Waals surface area contributed by atoms with E-state index in [2.05, 4.69) is 10.3 Å². The molecule has 1 saturated heterocycles. The fourth-order valence-electron chi connectivity index (χ4n) is 8.63. The van der Waals surface area contributed by atoms with Crippen LogP contribution in [0.5, 0.6) is 0 Å². The monoisotopic (exact) mass is 813 g/mol. The standard InChI is InChI=1S/C47H35F4N3O6/c48-31-17-29-35(19-33(31)50)52-42-38(29)40-41(46(56)53-45(40)55)39-30-18-32(49)34(51)20-36(30)54(43(39)42)47-44(59-23-27-14-8-3-9-15-27)37(58-22-26-12-6-2-7-13-26)16-28(60-47)24-57-21-25-10-4-1-5-11-25/h1-15,17-20,28,37,44,47,52H,16,21-24H2,(H,53,55,56). The van der Waals surface area contributed by atoms with Gasteiger partial charge in [0, 0.05) is 45.6 Å². The summed E-state index contributed by atoms with van der Waals surface area (Å²) in [5.74, 6) is -6.27. The summed E-state index contributed by atoms with van der Waals surface area (Å²) in [5, 5.41) is 2.78. The first-order valence-corrected chi connectivity index (χ1v) is 19.5. The van der Waals surface area contributed by atoms with E-state index in [9.17, 15) is 18.4 Å². The summed E-state index contributed by atoms with van der Waals surface area (Å²) in [6.45, 7) is 0.702. The Bertz CT molecular complexity index is 2960. The van der Waals surface area contributed by atoms with Crippen LogP contribution in [0.1, 0.15) is 50.1 Å². The van der Waals surface area contributed by atoms with E-state index in [1.54, 1.807) is 4.57 Å². The predicted molar refractivity (Wildman–Crippen MR) is 215 cm³/mol. The van der Waals surface area contributed by atoms with Crippen molar-refractivity contribution in [2.24, 2.45) is 0 Å². The van der Waals surface area contributed by atoms with Crippen LogP contribution in [0.3, 0.4) is 0 Å². The Hall–Kier alpha value is -6.38. The quantitative estimate of drug-likeness (QED) is 0.0997. The number of benzene rings is 6. The zero-order chi connectivity index (χ0) is 41.1. The molecule has 2 N–H and O–H groups in total. The lowest BCUT2D eigenvalue weighted by Crippen LogP contribution is -2.49. The van der Waals surface area contributed by atoms with E-state index in [0.717, 1.165) is 41.0 Å². The molecule has 4 heterocycles. The number of nitrogens with zero attached hydrogens (tertiary/aromatic N) is 1. The first-order valence-electron chi connectivity index (χ1n) is 19.5. The highest BCUT2D eigenvalue weighted by Crippen LogP contribution is 2.47. The third-order valence-electron chi connectivity index (χ3n) is 11.3. The molecule has 1 fully saturated rings. The number of aromatic amines is 1. The number of carbonyl (C=O) groups excluding carboxylic acids is 2. The number of imide groups is 1. The van der Waals surface area contributed by atoms with Gasteiger partial charge in [-0.25, -0.2) is 17.6 Å². The number of ether oxygens (including phenoxy) is 4. The van der Waals surface area contributed by atoms with Crippen molar-refractivity contribution in [2.75, 3.05) is 6.61 Å². The fourth-order valence-corrected chi connectivity index (χ4v) is 8.63. The van der Waals surface area contributed by atoms with Crippen molar-refractivity contribution in [3.63, 3.8) is 0 Å². The smallest absolute Gasteiger partial charge is 0.259 e. The minimum absolute atomic E-state index is 0.0949. The van der Waals surface area contributed by atoms with Crippen molar-refractivity contribution in [1.29, 1.82) is 0 Å². The number of fused-ring (bicyclic) bond motifs is 10. The fraction of sp³-hybridized carbons (Fsp3) is 0.191. The van der Waals surface area contributed by atoms with Crippen molar-refractivity contribution < 1.29 is 46.1 Å². The summed E-state index contributed by atoms with van der Waals surface area (Å²) >= 11 is 0. The summed E-state index contributed by atoms with van der Waals surface area (Å²) < 4.78 is 89.2. The molecule has 13 heteroatoms. The van der Waals surface area contributed by atoms with Crippen LogP contribution < -0.4 is 5.32 Å². The third kappa shape index (κ3) is 6.59. The van der Waals surface area contributed by atoms with E-state index in [4.69, 9.17) is 18.9 Å². The van der Waals surface area contributed by atoms with Gasteiger partial charge >= 0.3 is 0 Å². The molecule has 0 saturated carbocycles. The van der Waals surface area contributed by atoms with Crippen LogP contribution in [-0.4, -0.2) is 46.3 Å². The maximum absolute atomic E-state index is 15.6. The molecule has 302 valence electrons. The Balaban J connectivity index is 1.22. The Morgan fingerprint density at radius 2 is 1.20 bits per heavy atom. The molecular formula is C47H35F4N3O6. The molecule has 0 aliphatic carbocycles. The number of halogens is 4. The van der Waals surface area contributed by atoms with Gasteiger partial charge in [0.15, 0.2) is 29.5 Å². The summed E-state index contributed by atoms with van der Waals surface area (Å²) in [5.41, 5.74) is 3.06. The number of rotatable bonds is 11. The lowest BCUT2D eigenvalue weighted by molar-refractivity contribution is -0.238. The Labute approximate surface area is 339 Å². The van der Waals surface area contributed by atoms with Crippen LogP contribution in [0.2, 0.25) is 0 Å². The van der Waals surface area contributed by atoms with Gasteiger partial charge in [0.05, 0.1) is 66.3 Å². The molecule has 4 unspecified atom stereocenters. The highest BCUT2D eigenvalue weighted by Gasteiger charge is 2.45. The van der Waals surface area contributed by atoms with E-state index < -0.39 is 59.6 Å². The number of hydrogen-bond donors (Lipinski definition) is 2. The summed E-state index contributed by atoms with van der Waals surface area (Å²) in [6.07, 6.45) is -3.14. The second-order valence-electron chi connectivity index (χ2n) is 15.1. The zero-order valence-corrected chi connectivity index (χ0v) is 31.7. The van der Waals surface area contributed by atoms with Crippen LogP contribution in [0, 0.1) is 23.3 Å². The van der Waals surface area contributed by atoms with Crippen LogP contribution in [-0.2, 0) is 38.8 Å². The molecular weight excluding hydrogens is 779 g/mol. The summed E-state index contributed by atoms with van der Waals surface area (Å²) in [4.78, 5) is 30.6. The topological polar surface area (TPSA) is 104 Å². The minimum atomic E-state index is -1.20. The summed E-state index contributed by atoms with van der Waals surface area (Å²) in [6, 6.07) is 32.6. The Kier molecular flexibility index (Phi) is 9.68. The molecule has 9 nitrogen and oxygen atoms in total. The Morgan fingerprint density at radius 1 is 0.650 bits per heavy atom. The van der Waals surface area contributed by atoms with Crippen LogP contribution in [0.15, 0.2) is 115 Å². The molecule has 2 aliphatic heterocycles. The average Bonchev–Trinajstić information content (AvgIpc) is 3.88. The normalized spacial score (nSPS) is 19.2. The first kappa shape index (κ1) is 37.9. The highest BCUT2D eigenvalue weighted by atomic mass is 19.2. The average molecular weight is 814 g/mol. The number of amides is 2. The maximum Gasteiger partial charge on any atom is 0.259 e. The molecule has 2 amide bonds. The van der Waals surface area contributed by atoms with Gasteiger partial charge in [-0.1, -0.05) is 91.0 Å². The number of nitrogens with one attached hydrogen (secondary N) is 2. The number of H-pyrrole nitrogens is 1. The van der Waals surface area contributed by atoms with E-state index in [1.807, 2.05) is 91.0 Å². The van der Waals surface area contributed by atoms with Gasteiger partial charge in [-0.2, -0.15) is 0 Å². The minimum Gasteiger partial charge on any atom is -0.374 e. The first-order chi connectivity index (χ1) is 29.2. The van der Waals surface area contributed by atoms with Crippen molar-refractivity contribution >= 4 is 55.4 Å². The van der Waals surface area contributed by atoms with Crippen molar-refractivity contribution in [1.82, 2.24) is 14.9 Å². The molecule has 60 heavy (non-hydrogen) atoms. The van der Waals surface area contributed by atoms with Crippen LogP contribution in [0.4, 0.5) is 17.6 Å². The number of carbonyl (C=O) groups is 2. The lowest BCUT2D eigenvalue weighted by Gasteiger charge is -2.42. The van der Waals surface area contributed by atoms with E-state index in [1.165, 1.54) is 0 Å². The van der Waals surface area contributed by atoms with E-state index in [0.29, 0.717) is 6.42 Å². The van der Waals surface area contributed by atoms with Gasteiger partial charge < -0.3 is 28.5 Å². The predicted octanol–water partition coefficient (Wildman–Crippen LogP) is 9.54. The number of hydrogen-bond acceptors (Lipinski definition) is 6. The third-order valence-corrected chi connectivity index (χ3v) is 11.3. The van der Waals surface area contributed by atoms with Crippen molar-refractivity contribution in [3.05, 3.63) is 166 Å². The molecule has 2 aliphatic rings. The van der Waals surface area contributed by atoms with Gasteiger partial charge in [-0.3, -0.25) is 14.9 Å². The second kappa shape index (κ2) is 15.3. The number of aromatic nitrogens is 2.